The number of carboxylic acid groups (broad SMARTS) is 1. The highest BCUT2D eigenvalue weighted by Crippen LogP contribution is 2.66. The fraction of sp³-hybridized carbons (Fsp3) is 0.879. The monoisotopic (exact) mass is 577 g/mol. The number of nitrogens with zero attached hydrogens (tertiary/aromatic N) is 1. The first-order chi connectivity index (χ1) is 18.9. The average molecular weight is 578 g/mol. The number of hydrogen-bond acceptors (Lipinski definition) is 6. The number of amides is 1. The first-order valence-corrected chi connectivity index (χ1v) is 15.8. The highest BCUT2D eigenvalue weighted by atomic mass is 16.5. The van der Waals surface area contributed by atoms with Crippen molar-refractivity contribution in [1.82, 2.24) is 4.90 Å². The van der Waals surface area contributed by atoms with E-state index >= 15 is 0 Å². The van der Waals surface area contributed by atoms with Crippen molar-refractivity contribution in [3.05, 3.63) is 0 Å². The number of ether oxygens (including phenoxy) is 2. The van der Waals surface area contributed by atoms with E-state index < -0.39 is 28.7 Å². The van der Waals surface area contributed by atoms with Crippen molar-refractivity contribution in [3.63, 3.8) is 0 Å². The van der Waals surface area contributed by atoms with Gasteiger partial charge in [-0.2, -0.15) is 0 Å². The van der Waals surface area contributed by atoms with Crippen molar-refractivity contribution >= 4 is 23.8 Å². The Bertz CT molecular complexity index is 1010. The Balaban J connectivity index is 1.84. The lowest BCUT2D eigenvalue weighted by molar-refractivity contribution is -0.174. The zero-order chi connectivity index (χ0) is 31.0. The number of aliphatic carboxylic acids is 1. The average Bonchev–Trinajstić information content (AvgIpc) is 3.47. The molecule has 0 spiro atoms. The molecule has 234 valence electrons. The molecule has 2 bridgehead atoms. The molecule has 0 aromatic rings. The molecule has 3 rings (SSSR count). The van der Waals surface area contributed by atoms with Crippen LogP contribution < -0.4 is 0 Å². The van der Waals surface area contributed by atoms with Gasteiger partial charge in [-0.3, -0.25) is 19.2 Å². The zero-order valence-electron chi connectivity index (χ0n) is 27.0. The van der Waals surface area contributed by atoms with Crippen molar-refractivity contribution in [2.45, 2.75) is 132 Å². The maximum Gasteiger partial charge on any atom is 0.312 e. The van der Waals surface area contributed by atoms with Gasteiger partial charge in [0.2, 0.25) is 5.91 Å². The summed E-state index contributed by atoms with van der Waals surface area (Å²) in [6, 6.07) is -0.258. The van der Waals surface area contributed by atoms with Crippen molar-refractivity contribution in [2.75, 3.05) is 13.2 Å². The minimum Gasteiger partial charge on any atom is -0.481 e. The highest BCUT2D eigenvalue weighted by Gasteiger charge is 2.63. The van der Waals surface area contributed by atoms with Gasteiger partial charge in [0.05, 0.1) is 23.4 Å². The van der Waals surface area contributed by atoms with E-state index in [0.717, 1.165) is 25.7 Å². The molecule has 7 atom stereocenters. The van der Waals surface area contributed by atoms with Crippen LogP contribution in [0, 0.1) is 39.4 Å². The van der Waals surface area contributed by atoms with Crippen LogP contribution in [-0.2, 0) is 28.7 Å². The summed E-state index contributed by atoms with van der Waals surface area (Å²) in [6.07, 6.45) is 4.96. The summed E-state index contributed by atoms with van der Waals surface area (Å²) >= 11 is 0. The minimum absolute atomic E-state index is 0.0186. The molecular weight excluding hydrogens is 522 g/mol. The lowest BCUT2D eigenvalue weighted by atomic mass is 9.67. The van der Waals surface area contributed by atoms with E-state index in [1.54, 1.807) is 11.8 Å². The molecule has 1 saturated heterocycles. The van der Waals surface area contributed by atoms with Gasteiger partial charge in [0.1, 0.15) is 6.10 Å². The standard InChI is InChI=1S/C33H55NO7/c1-10-31(7,29(39)41-25-17-24-13-14-33(25,9)30(24,5)6)20-32(8,28(38)40-19-21(2)3)18-23(27(36)37)16-22(4)34-15-11-12-26(34)35/h21-25H,10-20H2,1-9H3,(H,36,37). The number of rotatable bonds is 14. The fourth-order valence-electron chi connectivity index (χ4n) is 7.92. The predicted octanol–water partition coefficient (Wildman–Crippen LogP) is 6.25. The third-order valence-electron chi connectivity index (χ3n) is 11.4. The van der Waals surface area contributed by atoms with Crippen LogP contribution >= 0.6 is 0 Å². The molecular formula is C33H55NO7. The molecule has 3 aliphatic rings. The molecule has 2 saturated carbocycles. The number of carboxylic acids is 1. The first-order valence-electron chi connectivity index (χ1n) is 15.8. The first kappa shape index (κ1) is 33.4. The van der Waals surface area contributed by atoms with Crippen LogP contribution in [0.1, 0.15) is 120 Å². The van der Waals surface area contributed by atoms with Gasteiger partial charge in [-0.05, 0) is 89.4 Å². The smallest absolute Gasteiger partial charge is 0.312 e. The van der Waals surface area contributed by atoms with Gasteiger partial charge < -0.3 is 19.5 Å². The van der Waals surface area contributed by atoms with Crippen LogP contribution in [0.15, 0.2) is 0 Å². The van der Waals surface area contributed by atoms with E-state index in [1.165, 1.54) is 0 Å². The SMILES string of the molecule is CCC(C)(CC(C)(CC(CC(C)N1CCCC1=O)C(=O)O)C(=O)OCC(C)C)C(=O)OC1CC2CCC1(C)C2(C)C. The lowest BCUT2D eigenvalue weighted by Crippen LogP contribution is -2.45. The summed E-state index contributed by atoms with van der Waals surface area (Å²) in [5.41, 5.74) is -2.21. The van der Waals surface area contributed by atoms with Gasteiger partial charge in [-0.15, -0.1) is 0 Å². The number of hydrogen-bond donors (Lipinski definition) is 1. The van der Waals surface area contributed by atoms with Crippen LogP contribution in [0.4, 0.5) is 0 Å². The molecule has 0 aromatic carbocycles. The van der Waals surface area contributed by atoms with E-state index in [0.29, 0.717) is 25.3 Å². The maximum atomic E-state index is 13.9. The zero-order valence-corrected chi connectivity index (χ0v) is 27.0. The van der Waals surface area contributed by atoms with Gasteiger partial charge in [0, 0.05) is 24.4 Å². The molecule has 0 radical (unpaired) electrons. The largest absolute Gasteiger partial charge is 0.481 e. The maximum absolute atomic E-state index is 13.9. The van der Waals surface area contributed by atoms with E-state index in [-0.39, 0.29) is 66.6 Å². The van der Waals surface area contributed by atoms with E-state index in [4.69, 9.17) is 9.47 Å². The Hall–Kier alpha value is -2.12. The summed E-state index contributed by atoms with van der Waals surface area (Å²) in [5, 5.41) is 10.2. The highest BCUT2D eigenvalue weighted by molar-refractivity contribution is 5.82. The van der Waals surface area contributed by atoms with Crippen LogP contribution in [0.3, 0.4) is 0 Å². The van der Waals surface area contributed by atoms with Crippen LogP contribution in [0.5, 0.6) is 0 Å². The van der Waals surface area contributed by atoms with Crippen molar-refractivity contribution in [2.24, 2.45) is 39.4 Å². The van der Waals surface area contributed by atoms with Gasteiger partial charge in [0.15, 0.2) is 0 Å². The quantitative estimate of drug-likeness (QED) is 0.243. The number of likely N-dealkylation sites (tertiary alicyclic amines) is 1. The second-order valence-electron chi connectivity index (χ2n) is 15.2. The molecule has 3 fully saturated rings. The number of carbonyl (C=O) groups is 4. The number of carbonyl (C=O) groups excluding carboxylic acids is 3. The molecule has 0 aromatic heterocycles. The lowest BCUT2D eigenvalue weighted by Gasteiger charge is -2.41. The molecule has 1 heterocycles. The Morgan fingerprint density at radius 3 is 2.22 bits per heavy atom. The summed E-state index contributed by atoms with van der Waals surface area (Å²) in [6.45, 7) is 18.9. The molecule has 8 heteroatoms. The third kappa shape index (κ3) is 6.61. The minimum atomic E-state index is -1.23. The number of fused-ring (bicyclic) bond motifs is 2. The van der Waals surface area contributed by atoms with Crippen molar-refractivity contribution < 1.29 is 33.8 Å². The molecule has 41 heavy (non-hydrogen) atoms. The summed E-state index contributed by atoms with van der Waals surface area (Å²) in [7, 11) is 0. The molecule has 1 N–H and O–H groups in total. The van der Waals surface area contributed by atoms with Gasteiger partial charge in [-0.25, -0.2) is 0 Å². The molecule has 1 aliphatic heterocycles. The Morgan fingerprint density at radius 2 is 1.76 bits per heavy atom. The second-order valence-corrected chi connectivity index (χ2v) is 15.2. The summed E-state index contributed by atoms with van der Waals surface area (Å²) in [4.78, 5) is 54.2. The second kappa shape index (κ2) is 12.2. The Morgan fingerprint density at radius 1 is 1.10 bits per heavy atom. The van der Waals surface area contributed by atoms with E-state index in [9.17, 15) is 24.3 Å². The fourth-order valence-corrected chi connectivity index (χ4v) is 7.92. The van der Waals surface area contributed by atoms with Gasteiger partial charge in [-0.1, -0.05) is 41.5 Å². The van der Waals surface area contributed by atoms with Gasteiger partial charge >= 0.3 is 17.9 Å². The topological polar surface area (TPSA) is 110 Å². The third-order valence-corrected chi connectivity index (χ3v) is 11.4. The molecule has 7 unspecified atom stereocenters. The molecule has 2 aliphatic carbocycles. The van der Waals surface area contributed by atoms with Crippen molar-refractivity contribution in [1.29, 1.82) is 0 Å². The normalized spacial score (nSPS) is 29.6. The van der Waals surface area contributed by atoms with Crippen LogP contribution in [0.25, 0.3) is 0 Å². The summed E-state index contributed by atoms with van der Waals surface area (Å²) in [5.74, 6) is -2.01. The predicted molar refractivity (Wildman–Crippen MR) is 157 cm³/mol. The van der Waals surface area contributed by atoms with Crippen molar-refractivity contribution in [3.8, 4) is 0 Å². The Labute approximate surface area is 247 Å². The van der Waals surface area contributed by atoms with Gasteiger partial charge in [0.25, 0.3) is 0 Å². The summed E-state index contributed by atoms with van der Waals surface area (Å²) < 4.78 is 12.0. The molecule has 1 amide bonds. The van der Waals surface area contributed by atoms with Crippen LogP contribution in [0.2, 0.25) is 0 Å². The van der Waals surface area contributed by atoms with E-state index in [2.05, 4.69) is 20.8 Å². The van der Waals surface area contributed by atoms with Crippen LogP contribution in [-0.4, -0.2) is 59.1 Å². The number of esters is 2. The molecule has 8 nitrogen and oxygen atoms in total. The van der Waals surface area contributed by atoms with E-state index in [1.807, 2.05) is 34.6 Å². The Kier molecular flexibility index (Phi) is 9.97.